The highest BCUT2D eigenvalue weighted by Gasteiger charge is 2.51. The Bertz CT molecular complexity index is 617. The number of amides is 1. The van der Waals surface area contributed by atoms with E-state index in [1.807, 2.05) is 17.7 Å². The summed E-state index contributed by atoms with van der Waals surface area (Å²) in [5.74, 6) is -0.245. The van der Waals surface area contributed by atoms with Gasteiger partial charge in [0.2, 0.25) is 5.91 Å². The Morgan fingerprint density at radius 1 is 1.43 bits per heavy atom. The van der Waals surface area contributed by atoms with Gasteiger partial charge in [0.05, 0.1) is 11.7 Å². The van der Waals surface area contributed by atoms with Crippen molar-refractivity contribution < 1.29 is 9.18 Å². The van der Waals surface area contributed by atoms with Gasteiger partial charge in [-0.15, -0.1) is 0 Å². The molecule has 0 bridgehead atoms. The van der Waals surface area contributed by atoms with Crippen molar-refractivity contribution in [3.63, 3.8) is 0 Å². The molecule has 2 aromatic rings. The van der Waals surface area contributed by atoms with E-state index in [-0.39, 0.29) is 17.8 Å². The monoisotopic (exact) mass is 287 g/mol. The van der Waals surface area contributed by atoms with Crippen molar-refractivity contribution in [3.05, 3.63) is 54.4 Å². The second-order valence-electron chi connectivity index (χ2n) is 5.72. The lowest BCUT2D eigenvalue weighted by atomic mass is 9.94. The Morgan fingerprint density at radius 3 is 2.71 bits per heavy atom. The van der Waals surface area contributed by atoms with Crippen LogP contribution in [0.25, 0.3) is 0 Å². The fourth-order valence-electron chi connectivity index (χ4n) is 2.66. The van der Waals surface area contributed by atoms with Crippen LogP contribution in [-0.2, 0) is 16.8 Å². The van der Waals surface area contributed by atoms with Crippen molar-refractivity contribution in [3.8, 4) is 0 Å². The molecule has 1 aromatic heterocycles. The van der Waals surface area contributed by atoms with Gasteiger partial charge in [-0.3, -0.25) is 4.79 Å². The maximum atomic E-state index is 13.0. The van der Waals surface area contributed by atoms with E-state index >= 15 is 0 Å². The lowest BCUT2D eigenvalue weighted by Gasteiger charge is -2.20. The Labute approximate surface area is 123 Å². The fraction of sp³-hybridized carbons (Fsp3) is 0.375. The lowest BCUT2D eigenvalue weighted by Crippen LogP contribution is -2.41. The third-order valence-electron chi connectivity index (χ3n) is 4.00. The van der Waals surface area contributed by atoms with Crippen LogP contribution in [0, 0.1) is 5.82 Å². The molecule has 110 valence electrons. The summed E-state index contributed by atoms with van der Waals surface area (Å²) >= 11 is 0. The molecule has 0 spiro atoms. The van der Waals surface area contributed by atoms with Gasteiger partial charge in [-0.05, 0) is 37.5 Å². The Hall–Kier alpha value is -2.17. The summed E-state index contributed by atoms with van der Waals surface area (Å²) < 4.78 is 14.9. The van der Waals surface area contributed by atoms with Crippen molar-refractivity contribution in [2.45, 2.75) is 37.8 Å². The average Bonchev–Trinajstić information content (AvgIpc) is 3.12. The molecule has 3 rings (SSSR count). The summed E-state index contributed by atoms with van der Waals surface area (Å²) in [6.07, 6.45) is 6.96. The molecular weight excluding hydrogens is 269 g/mol. The van der Waals surface area contributed by atoms with Crippen molar-refractivity contribution in [1.29, 1.82) is 0 Å². The van der Waals surface area contributed by atoms with E-state index in [1.165, 1.54) is 12.1 Å². The van der Waals surface area contributed by atoms with Gasteiger partial charge in [-0.2, -0.15) is 0 Å². The second kappa shape index (κ2) is 5.31. The van der Waals surface area contributed by atoms with Crippen molar-refractivity contribution in [1.82, 2.24) is 14.9 Å². The Balaban J connectivity index is 1.66. The predicted molar refractivity (Wildman–Crippen MR) is 77.1 cm³/mol. The number of carbonyl (C=O) groups is 1. The minimum atomic E-state index is -0.461. The summed E-state index contributed by atoms with van der Waals surface area (Å²) in [4.78, 5) is 16.5. The first-order valence-electron chi connectivity index (χ1n) is 7.13. The maximum Gasteiger partial charge on any atom is 0.230 e. The van der Waals surface area contributed by atoms with Crippen LogP contribution in [0.5, 0.6) is 0 Å². The first kappa shape index (κ1) is 13.8. The fourth-order valence-corrected chi connectivity index (χ4v) is 2.66. The predicted octanol–water partition coefficient (Wildman–Crippen LogP) is 2.26. The highest BCUT2D eigenvalue weighted by Crippen LogP contribution is 2.48. The molecule has 1 saturated carbocycles. The van der Waals surface area contributed by atoms with Crippen LogP contribution in [0.4, 0.5) is 4.39 Å². The first-order chi connectivity index (χ1) is 10.1. The first-order valence-corrected chi connectivity index (χ1v) is 7.13. The number of hydrogen-bond acceptors (Lipinski definition) is 2. The minimum absolute atomic E-state index is 0.0182. The molecule has 1 aromatic carbocycles. The van der Waals surface area contributed by atoms with Crippen LogP contribution in [0.1, 0.15) is 25.3 Å². The zero-order chi connectivity index (χ0) is 14.9. The number of rotatable bonds is 5. The van der Waals surface area contributed by atoms with E-state index < -0.39 is 5.41 Å². The third-order valence-corrected chi connectivity index (χ3v) is 4.00. The lowest BCUT2D eigenvalue weighted by molar-refractivity contribution is -0.124. The molecule has 1 amide bonds. The summed E-state index contributed by atoms with van der Waals surface area (Å²) in [5.41, 5.74) is 0.438. The highest BCUT2D eigenvalue weighted by atomic mass is 19.1. The number of nitrogens with one attached hydrogen (secondary N) is 1. The Kier molecular flexibility index (Phi) is 3.49. The van der Waals surface area contributed by atoms with Gasteiger partial charge < -0.3 is 9.88 Å². The number of nitrogens with zero attached hydrogens (tertiary/aromatic N) is 2. The van der Waals surface area contributed by atoms with Crippen molar-refractivity contribution in [2.75, 3.05) is 0 Å². The van der Waals surface area contributed by atoms with E-state index in [1.54, 1.807) is 24.7 Å². The van der Waals surface area contributed by atoms with Crippen molar-refractivity contribution in [2.24, 2.45) is 0 Å². The van der Waals surface area contributed by atoms with Crippen molar-refractivity contribution >= 4 is 5.91 Å². The van der Waals surface area contributed by atoms with Gasteiger partial charge in [0.15, 0.2) is 0 Å². The third kappa shape index (κ3) is 2.82. The Morgan fingerprint density at radius 2 is 2.14 bits per heavy atom. The molecule has 0 radical (unpaired) electrons. The molecule has 5 heteroatoms. The second-order valence-corrected chi connectivity index (χ2v) is 5.72. The maximum absolute atomic E-state index is 13.0. The molecule has 1 atom stereocenters. The SMILES string of the molecule is CC(Cn1ccnc1)NC(=O)C1(c2ccc(F)cc2)CC1. The summed E-state index contributed by atoms with van der Waals surface area (Å²) in [5, 5.41) is 3.05. The number of imidazole rings is 1. The van der Waals surface area contributed by atoms with E-state index in [9.17, 15) is 9.18 Å². The summed E-state index contributed by atoms with van der Waals surface area (Å²) in [6.45, 7) is 2.66. The van der Waals surface area contributed by atoms with Gasteiger partial charge in [-0.1, -0.05) is 12.1 Å². The number of benzene rings is 1. The van der Waals surface area contributed by atoms with Crippen LogP contribution in [0.2, 0.25) is 0 Å². The van der Waals surface area contributed by atoms with Crippen LogP contribution in [0.15, 0.2) is 43.0 Å². The zero-order valence-corrected chi connectivity index (χ0v) is 11.9. The van der Waals surface area contributed by atoms with Gasteiger partial charge >= 0.3 is 0 Å². The molecular formula is C16H18FN3O. The molecule has 0 aliphatic heterocycles. The summed E-state index contributed by atoms with van der Waals surface area (Å²) in [6, 6.07) is 6.27. The molecule has 1 heterocycles. The number of aromatic nitrogens is 2. The number of hydrogen-bond donors (Lipinski definition) is 1. The van der Waals surface area contributed by atoms with Crippen LogP contribution >= 0.6 is 0 Å². The minimum Gasteiger partial charge on any atom is -0.351 e. The molecule has 1 N–H and O–H groups in total. The molecule has 21 heavy (non-hydrogen) atoms. The molecule has 1 aliphatic carbocycles. The molecule has 0 saturated heterocycles. The van der Waals surface area contributed by atoms with Crippen LogP contribution in [-0.4, -0.2) is 21.5 Å². The van der Waals surface area contributed by atoms with Crippen LogP contribution in [0.3, 0.4) is 0 Å². The standard InChI is InChI=1S/C16H18FN3O/c1-12(10-20-9-8-18-11-20)19-15(21)16(6-7-16)13-2-4-14(17)5-3-13/h2-5,8-9,11-12H,6-7,10H2,1H3,(H,19,21). The smallest absolute Gasteiger partial charge is 0.230 e. The molecule has 4 nitrogen and oxygen atoms in total. The van der Waals surface area contributed by atoms with E-state index in [0.29, 0.717) is 6.54 Å². The van der Waals surface area contributed by atoms with E-state index in [0.717, 1.165) is 18.4 Å². The van der Waals surface area contributed by atoms with Gasteiger partial charge in [0.25, 0.3) is 0 Å². The normalized spacial score (nSPS) is 17.2. The largest absolute Gasteiger partial charge is 0.351 e. The number of halogens is 1. The van der Waals surface area contributed by atoms with E-state index in [2.05, 4.69) is 10.3 Å². The average molecular weight is 287 g/mol. The highest BCUT2D eigenvalue weighted by molar-refractivity contribution is 5.91. The summed E-state index contributed by atoms with van der Waals surface area (Å²) in [7, 11) is 0. The quantitative estimate of drug-likeness (QED) is 0.917. The van der Waals surface area contributed by atoms with Crippen LogP contribution < -0.4 is 5.32 Å². The molecule has 1 unspecified atom stereocenters. The van der Waals surface area contributed by atoms with E-state index in [4.69, 9.17) is 0 Å². The topological polar surface area (TPSA) is 46.9 Å². The zero-order valence-electron chi connectivity index (χ0n) is 11.9. The molecule has 1 fully saturated rings. The van der Waals surface area contributed by atoms with Gasteiger partial charge in [-0.25, -0.2) is 9.37 Å². The van der Waals surface area contributed by atoms with Gasteiger partial charge in [0.1, 0.15) is 5.82 Å². The number of carbonyl (C=O) groups excluding carboxylic acids is 1. The molecule has 1 aliphatic rings. The van der Waals surface area contributed by atoms with Gasteiger partial charge in [0, 0.05) is 25.0 Å².